The van der Waals surface area contributed by atoms with E-state index in [1.807, 2.05) is 28.8 Å². The van der Waals surface area contributed by atoms with Crippen molar-refractivity contribution < 1.29 is 24.5 Å². The molecule has 0 saturated carbocycles. The molecule has 0 spiro atoms. The summed E-state index contributed by atoms with van der Waals surface area (Å²) in [6.45, 7) is 4.17. The molecule has 3 aromatic rings. The molecule has 3 rings (SSSR count). The summed E-state index contributed by atoms with van der Waals surface area (Å²) in [4.78, 5) is 10.7. The minimum Gasteiger partial charge on any atom is -0.481 e. The molecule has 3 N–H and O–H groups in total. The molecule has 0 bridgehead atoms. The third-order valence-corrected chi connectivity index (χ3v) is 5.03. The lowest BCUT2D eigenvalue weighted by molar-refractivity contribution is -0.139. The standard InChI is InChI=1S/C24H26FNO4/c1-15(2)23-20(11-10-18(27)13-19(28)14-22(29)30)24(16-6-8-17(25)9-7-16)26-12-4-3-5-21(23)26/h3-12,15,18-19,27-28H,13-14H2,1-2H3,(H,29,30)/t18-,19-/m1/s1. The van der Waals surface area contributed by atoms with E-state index >= 15 is 0 Å². The number of rotatable bonds is 8. The number of aliphatic carboxylic acids is 1. The molecule has 6 heteroatoms. The van der Waals surface area contributed by atoms with E-state index in [4.69, 9.17) is 5.11 Å². The maximum Gasteiger partial charge on any atom is 0.305 e. The van der Waals surface area contributed by atoms with Gasteiger partial charge in [-0.3, -0.25) is 4.79 Å². The van der Waals surface area contributed by atoms with Gasteiger partial charge in [-0.2, -0.15) is 0 Å². The van der Waals surface area contributed by atoms with Gasteiger partial charge in [-0.25, -0.2) is 4.39 Å². The number of nitrogens with zero attached hydrogens (tertiary/aromatic N) is 1. The number of benzene rings is 1. The summed E-state index contributed by atoms with van der Waals surface area (Å²) >= 11 is 0. The van der Waals surface area contributed by atoms with E-state index in [2.05, 4.69) is 13.8 Å². The molecule has 30 heavy (non-hydrogen) atoms. The lowest BCUT2D eigenvalue weighted by atomic mass is 9.95. The van der Waals surface area contributed by atoms with Crippen molar-refractivity contribution in [2.75, 3.05) is 0 Å². The number of carboxylic acid groups (broad SMARTS) is 1. The zero-order chi connectivity index (χ0) is 21.8. The van der Waals surface area contributed by atoms with Gasteiger partial charge >= 0.3 is 5.97 Å². The Hall–Kier alpha value is -2.96. The maximum absolute atomic E-state index is 13.5. The lowest BCUT2D eigenvalue weighted by Crippen LogP contribution is -2.19. The van der Waals surface area contributed by atoms with Gasteiger partial charge in [0, 0.05) is 23.7 Å². The SMILES string of the molecule is CC(C)c1c(C=C[C@@H](O)C[C@@H](O)CC(=O)O)c(-c2ccc(F)cc2)n2ccccc12. The summed E-state index contributed by atoms with van der Waals surface area (Å²) in [5.74, 6) is -1.24. The summed E-state index contributed by atoms with van der Waals surface area (Å²) in [7, 11) is 0. The summed E-state index contributed by atoms with van der Waals surface area (Å²) in [6.07, 6.45) is 2.71. The first kappa shape index (κ1) is 21.7. The zero-order valence-corrected chi connectivity index (χ0v) is 17.0. The van der Waals surface area contributed by atoms with Crippen LogP contribution in [0.5, 0.6) is 0 Å². The third kappa shape index (κ3) is 4.78. The fourth-order valence-corrected chi connectivity index (χ4v) is 3.78. The molecule has 1 aromatic carbocycles. The van der Waals surface area contributed by atoms with E-state index in [0.29, 0.717) is 0 Å². The quantitative estimate of drug-likeness (QED) is 0.511. The summed E-state index contributed by atoms with van der Waals surface area (Å²) in [5, 5.41) is 28.9. The van der Waals surface area contributed by atoms with Crippen molar-refractivity contribution in [1.29, 1.82) is 0 Å². The highest BCUT2D eigenvalue weighted by Gasteiger charge is 2.20. The predicted molar refractivity (Wildman–Crippen MR) is 115 cm³/mol. The Bertz CT molecular complexity index is 1050. The number of aliphatic hydroxyl groups is 2. The molecule has 2 atom stereocenters. The molecule has 0 saturated heterocycles. The van der Waals surface area contributed by atoms with Crippen molar-refractivity contribution >= 4 is 17.6 Å². The van der Waals surface area contributed by atoms with E-state index < -0.39 is 24.6 Å². The van der Waals surface area contributed by atoms with Gasteiger partial charge in [-0.05, 0) is 53.4 Å². The number of hydrogen-bond donors (Lipinski definition) is 3. The highest BCUT2D eigenvalue weighted by atomic mass is 19.1. The Morgan fingerprint density at radius 2 is 1.83 bits per heavy atom. The number of hydrogen-bond acceptors (Lipinski definition) is 3. The molecule has 0 aliphatic carbocycles. The second kappa shape index (κ2) is 9.24. The van der Waals surface area contributed by atoms with Gasteiger partial charge in [0.1, 0.15) is 5.82 Å². The molecule has 0 radical (unpaired) electrons. The van der Waals surface area contributed by atoms with Gasteiger partial charge in [0.15, 0.2) is 0 Å². The van der Waals surface area contributed by atoms with Crippen molar-refractivity contribution in [2.45, 2.75) is 44.8 Å². The summed E-state index contributed by atoms with van der Waals surface area (Å²) < 4.78 is 15.5. The van der Waals surface area contributed by atoms with E-state index in [0.717, 1.165) is 27.9 Å². The fraction of sp³-hybridized carbons (Fsp3) is 0.292. The summed E-state index contributed by atoms with van der Waals surface area (Å²) in [6, 6.07) is 12.2. The van der Waals surface area contributed by atoms with Gasteiger partial charge < -0.3 is 19.7 Å². The highest BCUT2D eigenvalue weighted by molar-refractivity contribution is 5.83. The fourth-order valence-electron chi connectivity index (χ4n) is 3.78. The van der Waals surface area contributed by atoms with Crippen LogP contribution in [0.2, 0.25) is 0 Å². The minimum absolute atomic E-state index is 0.0704. The van der Waals surface area contributed by atoms with Crippen LogP contribution in [0.25, 0.3) is 22.9 Å². The monoisotopic (exact) mass is 411 g/mol. The van der Waals surface area contributed by atoms with Crippen LogP contribution in [0.4, 0.5) is 4.39 Å². The number of pyridine rings is 1. The van der Waals surface area contributed by atoms with Gasteiger partial charge in [0.2, 0.25) is 0 Å². The molecule has 0 fully saturated rings. The van der Waals surface area contributed by atoms with Crippen molar-refractivity contribution in [3.05, 3.63) is 71.7 Å². The molecule has 0 unspecified atom stereocenters. The van der Waals surface area contributed by atoms with Crippen LogP contribution in [0, 0.1) is 5.82 Å². The number of carbonyl (C=O) groups is 1. The van der Waals surface area contributed by atoms with E-state index in [9.17, 15) is 19.4 Å². The molecule has 5 nitrogen and oxygen atoms in total. The van der Waals surface area contributed by atoms with Gasteiger partial charge in [0.25, 0.3) is 0 Å². The minimum atomic E-state index is -1.13. The van der Waals surface area contributed by atoms with Crippen molar-refractivity contribution in [3.63, 3.8) is 0 Å². The highest BCUT2D eigenvalue weighted by Crippen LogP contribution is 2.37. The Morgan fingerprint density at radius 1 is 1.13 bits per heavy atom. The van der Waals surface area contributed by atoms with Crippen LogP contribution in [0.3, 0.4) is 0 Å². The van der Waals surface area contributed by atoms with Gasteiger partial charge in [-0.1, -0.05) is 32.1 Å². The van der Waals surface area contributed by atoms with Crippen molar-refractivity contribution in [3.8, 4) is 11.3 Å². The Balaban J connectivity index is 2.08. The predicted octanol–water partition coefficient (Wildman–Crippen LogP) is 4.47. The van der Waals surface area contributed by atoms with Crippen molar-refractivity contribution in [1.82, 2.24) is 4.40 Å². The molecule has 0 amide bonds. The van der Waals surface area contributed by atoms with E-state index in [1.54, 1.807) is 24.3 Å². The van der Waals surface area contributed by atoms with Crippen LogP contribution in [-0.2, 0) is 4.79 Å². The Morgan fingerprint density at radius 3 is 2.47 bits per heavy atom. The summed E-state index contributed by atoms with van der Waals surface area (Å²) in [5.41, 5.74) is 4.72. The van der Waals surface area contributed by atoms with Crippen LogP contribution in [-0.4, -0.2) is 37.9 Å². The van der Waals surface area contributed by atoms with Crippen LogP contribution < -0.4 is 0 Å². The van der Waals surface area contributed by atoms with E-state index in [-0.39, 0.29) is 18.2 Å². The van der Waals surface area contributed by atoms with Crippen LogP contribution in [0.15, 0.2) is 54.7 Å². The zero-order valence-electron chi connectivity index (χ0n) is 17.0. The molecule has 0 aliphatic heterocycles. The first-order valence-corrected chi connectivity index (χ1v) is 9.93. The van der Waals surface area contributed by atoms with Gasteiger partial charge in [0.05, 0.1) is 24.3 Å². The average Bonchev–Trinajstić information content (AvgIpc) is 3.00. The van der Waals surface area contributed by atoms with Crippen molar-refractivity contribution in [2.24, 2.45) is 0 Å². The Labute approximate surface area is 174 Å². The Kier molecular flexibility index (Phi) is 6.70. The molecule has 2 heterocycles. The largest absolute Gasteiger partial charge is 0.481 e. The van der Waals surface area contributed by atoms with E-state index in [1.165, 1.54) is 12.1 Å². The molecule has 2 aromatic heterocycles. The van der Waals surface area contributed by atoms with Gasteiger partial charge in [-0.15, -0.1) is 0 Å². The topological polar surface area (TPSA) is 82.2 Å². The first-order valence-electron chi connectivity index (χ1n) is 9.93. The molecule has 158 valence electrons. The molecular weight excluding hydrogens is 385 g/mol. The van der Waals surface area contributed by atoms with Crippen LogP contribution in [0.1, 0.15) is 43.7 Å². The number of aromatic nitrogens is 1. The normalized spacial score (nSPS) is 13.9. The smallest absolute Gasteiger partial charge is 0.305 e. The first-order chi connectivity index (χ1) is 14.3. The maximum atomic E-state index is 13.5. The molecular formula is C24H26FNO4. The number of fused-ring (bicyclic) bond motifs is 1. The average molecular weight is 411 g/mol. The number of carboxylic acids is 1. The number of aliphatic hydroxyl groups excluding tert-OH is 2. The lowest BCUT2D eigenvalue weighted by Gasteiger charge is -2.12. The second-order valence-corrected chi connectivity index (χ2v) is 7.71. The molecule has 0 aliphatic rings. The third-order valence-electron chi connectivity index (χ3n) is 5.03. The number of halogens is 1. The van der Waals surface area contributed by atoms with Crippen LogP contribution >= 0.6 is 0 Å². The second-order valence-electron chi connectivity index (χ2n) is 7.71.